The highest BCUT2D eigenvalue weighted by Crippen LogP contribution is 2.47. The van der Waals surface area contributed by atoms with Gasteiger partial charge in [0.25, 0.3) is 0 Å². The van der Waals surface area contributed by atoms with Crippen LogP contribution in [0, 0.1) is 0 Å². The molecule has 5 nitrogen and oxygen atoms in total. The van der Waals surface area contributed by atoms with Crippen LogP contribution in [-0.2, 0) is 9.84 Å². The van der Waals surface area contributed by atoms with E-state index >= 15 is 0 Å². The highest BCUT2D eigenvalue weighted by atomic mass is 35.5. The van der Waals surface area contributed by atoms with E-state index in [-0.39, 0.29) is 15.8 Å². The Hall–Kier alpha value is -1.31. The van der Waals surface area contributed by atoms with E-state index in [1.54, 1.807) is 24.3 Å². The van der Waals surface area contributed by atoms with Crippen molar-refractivity contribution in [3.05, 3.63) is 46.4 Å². The summed E-state index contributed by atoms with van der Waals surface area (Å²) in [5, 5.41) is 14.6. The molecule has 2 heterocycles. The summed E-state index contributed by atoms with van der Waals surface area (Å²) in [5.74, 6) is 0. The molecule has 0 aromatic heterocycles. The van der Waals surface area contributed by atoms with E-state index in [0.717, 1.165) is 19.4 Å². The van der Waals surface area contributed by atoms with Gasteiger partial charge in [0.1, 0.15) is 0 Å². The molecule has 2 aliphatic heterocycles. The summed E-state index contributed by atoms with van der Waals surface area (Å²) < 4.78 is 26.3. The Kier molecular flexibility index (Phi) is 4.65. The van der Waals surface area contributed by atoms with Gasteiger partial charge in [-0.25, -0.2) is 8.42 Å². The normalized spacial score (nSPS) is 24.5. The van der Waals surface area contributed by atoms with Crippen LogP contribution in [-0.4, -0.2) is 38.8 Å². The summed E-state index contributed by atoms with van der Waals surface area (Å²) in [7, 11) is -3.75. The zero-order valence-corrected chi connectivity index (χ0v) is 16.2. The van der Waals surface area contributed by atoms with Gasteiger partial charge >= 0.3 is 0 Å². The molecule has 2 N–H and O–H groups in total. The minimum atomic E-state index is -3.75. The van der Waals surface area contributed by atoms with Crippen LogP contribution in [0.1, 0.15) is 12.8 Å². The molecule has 4 rings (SSSR count). The standard InChI is InChI=1S/C18H18Cl2N2O3S/c19-11-3-5-14-17(8-11)26(24,25)18-9-12(20)4-6-15(18)22(14)13-2-1-7-21-10-16(13)23/h3-6,8-9,13,16,21,23H,1-2,7,10H2/t13-,16-/m0/s1. The number of hydrogen-bond donors (Lipinski definition) is 2. The lowest BCUT2D eigenvalue weighted by Crippen LogP contribution is -2.45. The Morgan fingerprint density at radius 2 is 1.62 bits per heavy atom. The smallest absolute Gasteiger partial charge is 0.210 e. The fourth-order valence-electron chi connectivity index (χ4n) is 3.73. The lowest BCUT2D eigenvalue weighted by Gasteiger charge is -2.40. The predicted molar refractivity (Wildman–Crippen MR) is 102 cm³/mol. The van der Waals surface area contributed by atoms with Crippen LogP contribution in [0.25, 0.3) is 0 Å². The van der Waals surface area contributed by atoms with Crippen molar-refractivity contribution in [2.24, 2.45) is 0 Å². The molecule has 0 saturated carbocycles. The average molecular weight is 413 g/mol. The molecule has 1 saturated heterocycles. The largest absolute Gasteiger partial charge is 0.390 e. The van der Waals surface area contributed by atoms with Gasteiger partial charge in [-0.05, 0) is 55.8 Å². The first-order valence-electron chi connectivity index (χ1n) is 8.42. The summed E-state index contributed by atoms with van der Waals surface area (Å²) >= 11 is 12.2. The van der Waals surface area contributed by atoms with Gasteiger partial charge in [-0.3, -0.25) is 0 Å². The number of halogens is 2. The van der Waals surface area contributed by atoms with Gasteiger partial charge in [0.15, 0.2) is 0 Å². The van der Waals surface area contributed by atoms with Gasteiger partial charge in [0, 0.05) is 16.6 Å². The van der Waals surface area contributed by atoms with Crippen molar-refractivity contribution in [3.63, 3.8) is 0 Å². The second-order valence-corrected chi connectivity index (χ2v) is 9.34. The minimum absolute atomic E-state index is 0.143. The molecule has 1 fully saturated rings. The number of nitrogens with zero attached hydrogens (tertiary/aromatic N) is 1. The van der Waals surface area contributed by atoms with Crippen molar-refractivity contribution in [2.45, 2.75) is 34.8 Å². The van der Waals surface area contributed by atoms with Gasteiger partial charge in [-0.2, -0.15) is 0 Å². The van der Waals surface area contributed by atoms with Gasteiger partial charge < -0.3 is 15.3 Å². The third-order valence-electron chi connectivity index (χ3n) is 4.92. The van der Waals surface area contributed by atoms with Crippen molar-refractivity contribution in [1.29, 1.82) is 0 Å². The summed E-state index contributed by atoms with van der Waals surface area (Å²) in [5.41, 5.74) is 1.07. The van der Waals surface area contributed by atoms with Crippen molar-refractivity contribution < 1.29 is 13.5 Å². The van der Waals surface area contributed by atoms with E-state index in [1.807, 2.05) is 4.90 Å². The molecule has 0 aliphatic carbocycles. The van der Waals surface area contributed by atoms with E-state index in [9.17, 15) is 13.5 Å². The number of aliphatic hydroxyl groups is 1. The number of anilines is 2. The van der Waals surface area contributed by atoms with Crippen LogP contribution in [0.2, 0.25) is 10.0 Å². The SMILES string of the molecule is O=S1(=O)c2cc(Cl)ccc2N([C@H]2CCCNC[C@@H]2O)c2ccc(Cl)cc21. The zero-order valence-electron chi connectivity index (χ0n) is 13.8. The first kappa shape index (κ1) is 18.1. The highest BCUT2D eigenvalue weighted by molar-refractivity contribution is 7.92. The van der Waals surface area contributed by atoms with Crippen LogP contribution >= 0.6 is 23.2 Å². The second-order valence-electron chi connectivity index (χ2n) is 6.58. The average Bonchev–Trinajstić information content (AvgIpc) is 2.81. The first-order chi connectivity index (χ1) is 12.4. The van der Waals surface area contributed by atoms with Crippen LogP contribution in [0.3, 0.4) is 0 Å². The number of rotatable bonds is 1. The Bertz CT molecular complexity index is 905. The van der Waals surface area contributed by atoms with Crippen LogP contribution in [0.15, 0.2) is 46.2 Å². The molecule has 2 aromatic carbocycles. The molecule has 0 unspecified atom stereocenters. The number of β-amino-alcohol motifs (C(OH)–C–C–N with tert-alkyl or cyclic N) is 1. The quantitative estimate of drug-likeness (QED) is 0.750. The molecule has 138 valence electrons. The Balaban J connectivity index is 1.98. The number of benzene rings is 2. The number of sulfone groups is 1. The van der Waals surface area contributed by atoms with E-state index in [1.165, 1.54) is 12.1 Å². The van der Waals surface area contributed by atoms with Crippen molar-refractivity contribution in [3.8, 4) is 0 Å². The molecule has 0 amide bonds. The Labute approximate surface area is 162 Å². The summed E-state index contributed by atoms with van der Waals surface area (Å²) in [6.45, 7) is 1.28. The molecule has 0 spiro atoms. The third-order valence-corrected chi connectivity index (χ3v) is 7.21. The maximum absolute atomic E-state index is 13.2. The highest BCUT2D eigenvalue weighted by Gasteiger charge is 2.39. The van der Waals surface area contributed by atoms with E-state index in [0.29, 0.717) is 28.0 Å². The van der Waals surface area contributed by atoms with Gasteiger partial charge in [-0.15, -0.1) is 0 Å². The Morgan fingerprint density at radius 1 is 1.04 bits per heavy atom. The van der Waals surface area contributed by atoms with Gasteiger partial charge in [0.2, 0.25) is 9.84 Å². The summed E-state index contributed by atoms with van der Waals surface area (Å²) in [6.07, 6.45) is 0.986. The van der Waals surface area contributed by atoms with Crippen molar-refractivity contribution in [2.75, 3.05) is 18.0 Å². The van der Waals surface area contributed by atoms with E-state index in [4.69, 9.17) is 23.2 Å². The van der Waals surface area contributed by atoms with Gasteiger partial charge in [0.05, 0.1) is 33.3 Å². The fraction of sp³-hybridized carbons (Fsp3) is 0.333. The zero-order chi connectivity index (χ0) is 18.5. The maximum Gasteiger partial charge on any atom is 0.210 e. The molecule has 2 aromatic rings. The molecule has 0 bridgehead atoms. The molecule has 8 heteroatoms. The summed E-state index contributed by atoms with van der Waals surface area (Å²) in [4.78, 5) is 2.21. The maximum atomic E-state index is 13.2. The second kappa shape index (κ2) is 6.69. The van der Waals surface area contributed by atoms with Gasteiger partial charge in [-0.1, -0.05) is 23.2 Å². The molecule has 2 aliphatic rings. The lowest BCUT2D eigenvalue weighted by atomic mass is 10.0. The monoisotopic (exact) mass is 412 g/mol. The number of nitrogens with one attached hydrogen (secondary N) is 1. The fourth-order valence-corrected chi connectivity index (χ4v) is 5.88. The molecule has 0 radical (unpaired) electrons. The molecular weight excluding hydrogens is 395 g/mol. The number of hydrogen-bond acceptors (Lipinski definition) is 5. The lowest BCUT2D eigenvalue weighted by molar-refractivity contribution is 0.147. The van der Waals surface area contributed by atoms with Crippen LogP contribution in [0.4, 0.5) is 11.4 Å². The minimum Gasteiger partial charge on any atom is -0.390 e. The van der Waals surface area contributed by atoms with Crippen LogP contribution < -0.4 is 10.2 Å². The first-order valence-corrected chi connectivity index (χ1v) is 10.7. The predicted octanol–water partition coefficient (Wildman–Crippen LogP) is 3.39. The molecule has 26 heavy (non-hydrogen) atoms. The topological polar surface area (TPSA) is 69.6 Å². The van der Waals surface area contributed by atoms with E-state index in [2.05, 4.69) is 5.32 Å². The van der Waals surface area contributed by atoms with Crippen molar-refractivity contribution in [1.82, 2.24) is 5.32 Å². The van der Waals surface area contributed by atoms with E-state index < -0.39 is 15.9 Å². The number of aliphatic hydroxyl groups excluding tert-OH is 1. The molecule has 2 atom stereocenters. The third kappa shape index (κ3) is 2.90. The summed E-state index contributed by atoms with van der Waals surface area (Å²) in [6, 6.07) is 9.43. The molecular formula is C18H18Cl2N2O3S. The van der Waals surface area contributed by atoms with Crippen LogP contribution in [0.5, 0.6) is 0 Å². The number of fused-ring (bicyclic) bond motifs is 2. The van der Waals surface area contributed by atoms with Crippen molar-refractivity contribution >= 4 is 44.4 Å². The Morgan fingerprint density at radius 3 is 2.19 bits per heavy atom.